The Hall–Kier alpha value is -4.42. The average Bonchev–Trinajstić information content (AvgIpc) is 3.54. The summed E-state index contributed by atoms with van der Waals surface area (Å²) in [6.07, 6.45) is 2.39. The second-order valence-corrected chi connectivity index (χ2v) is 9.81. The molecule has 13 nitrogen and oxygen atoms in total. The number of likely N-dealkylation sites (tertiary alicyclic amines) is 1. The lowest BCUT2D eigenvalue weighted by molar-refractivity contribution is -0.140. The van der Waals surface area contributed by atoms with Crippen molar-refractivity contribution in [2.45, 2.75) is 63.6 Å². The van der Waals surface area contributed by atoms with Gasteiger partial charge in [0, 0.05) is 42.7 Å². The third-order valence-electron chi connectivity index (χ3n) is 6.93. The summed E-state index contributed by atoms with van der Waals surface area (Å²) >= 11 is 0. The lowest BCUT2D eigenvalue weighted by Crippen LogP contribution is -2.54. The first-order valence-electron chi connectivity index (χ1n) is 12.9. The molecule has 2 aliphatic heterocycles. The van der Waals surface area contributed by atoms with Gasteiger partial charge in [-0.05, 0) is 56.7 Å². The zero-order valence-corrected chi connectivity index (χ0v) is 21.7. The summed E-state index contributed by atoms with van der Waals surface area (Å²) in [6.45, 7) is 2.45. The van der Waals surface area contributed by atoms with Crippen LogP contribution in [0.15, 0.2) is 38.5 Å². The molecule has 0 bridgehead atoms. The molecule has 0 spiro atoms. The molecule has 39 heavy (non-hydrogen) atoms. The smallest absolute Gasteiger partial charge is 0.336 e. The van der Waals surface area contributed by atoms with Crippen LogP contribution in [0.5, 0.6) is 0 Å². The number of hydrogen-bond acceptors (Lipinski definition) is 7. The molecule has 0 saturated carbocycles. The van der Waals surface area contributed by atoms with Gasteiger partial charge in [-0.15, -0.1) is 0 Å². The third kappa shape index (κ3) is 6.72. The maximum absolute atomic E-state index is 13.3. The average molecular weight is 540 g/mol. The zero-order chi connectivity index (χ0) is 28.1. The van der Waals surface area contributed by atoms with Crippen LogP contribution in [0, 0.1) is 6.92 Å². The fourth-order valence-corrected chi connectivity index (χ4v) is 4.97. The summed E-state index contributed by atoms with van der Waals surface area (Å²) in [5, 5.41) is 8.95. The fraction of sp³-hybridized carbons (Fsp3) is 0.462. The van der Waals surface area contributed by atoms with Crippen LogP contribution in [0.2, 0.25) is 0 Å². The number of nitrogens with two attached hydrogens (primary N) is 2. The van der Waals surface area contributed by atoms with Crippen molar-refractivity contribution < 1.29 is 23.6 Å². The molecule has 0 radical (unpaired) electrons. The quantitative estimate of drug-likeness (QED) is 0.125. The maximum Gasteiger partial charge on any atom is 0.336 e. The number of carbonyl (C=O) groups excluding carboxylic acids is 4. The van der Waals surface area contributed by atoms with Gasteiger partial charge in [-0.25, -0.2) is 4.79 Å². The SMILES string of the molecule is Cc1cc(=O)oc2cc(NC(=O)[C@H](CCCN=C(N)N)NC(=O)[C@@H]3CCCN3C(=O)[C@@H]3CCC(=O)N3)ccc12. The molecule has 7 N–H and O–H groups in total. The number of carbonyl (C=O) groups is 4. The molecule has 1 aromatic carbocycles. The van der Waals surface area contributed by atoms with Crippen molar-refractivity contribution in [1.82, 2.24) is 15.5 Å². The number of fused-ring (bicyclic) bond motifs is 1. The van der Waals surface area contributed by atoms with Crippen LogP contribution < -0.4 is 33.0 Å². The molecular formula is C26H33N7O6. The minimum atomic E-state index is -0.948. The van der Waals surface area contributed by atoms with Crippen molar-refractivity contribution in [2.24, 2.45) is 16.5 Å². The monoisotopic (exact) mass is 539 g/mol. The van der Waals surface area contributed by atoms with Gasteiger partial charge in [0.05, 0.1) is 0 Å². The Morgan fingerprint density at radius 1 is 1.21 bits per heavy atom. The van der Waals surface area contributed by atoms with E-state index >= 15 is 0 Å². The fourth-order valence-electron chi connectivity index (χ4n) is 4.97. The number of aliphatic imine (C=N–C) groups is 1. The van der Waals surface area contributed by atoms with Crippen LogP contribution in [0.4, 0.5) is 5.69 Å². The molecule has 0 unspecified atom stereocenters. The second kappa shape index (κ2) is 12.0. The Balaban J connectivity index is 1.48. The number of anilines is 1. The van der Waals surface area contributed by atoms with Crippen molar-refractivity contribution in [3.8, 4) is 0 Å². The standard InChI is InChI=1S/C26H33N7O6/c1-14-12-22(35)39-20-13-15(6-7-16(14)20)30-23(36)17(4-2-10-29-26(27)28)32-24(37)19-5-3-11-33(19)25(38)18-8-9-21(34)31-18/h6-7,12-13,17-19H,2-5,8-11H2,1H3,(H,30,36)(H,31,34)(H,32,37)(H4,27,28,29)/t17-,18-,19-/m0/s1. The number of aryl methyl sites for hydroxylation is 1. The highest BCUT2D eigenvalue weighted by Gasteiger charge is 2.40. The van der Waals surface area contributed by atoms with Gasteiger partial charge in [0.2, 0.25) is 23.6 Å². The van der Waals surface area contributed by atoms with Crippen molar-refractivity contribution >= 4 is 46.2 Å². The van der Waals surface area contributed by atoms with E-state index in [4.69, 9.17) is 15.9 Å². The van der Waals surface area contributed by atoms with Gasteiger partial charge in [0.25, 0.3) is 0 Å². The highest BCUT2D eigenvalue weighted by atomic mass is 16.4. The molecule has 4 rings (SSSR count). The molecule has 208 valence electrons. The van der Waals surface area contributed by atoms with E-state index in [9.17, 15) is 24.0 Å². The number of guanidine groups is 1. The van der Waals surface area contributed by atoms with Crippen molar-refractivity contribution in [3.05, 3.63) is 40.2 Å². The van der Waals surface area contributed by atoms with E-state index in [2.05, 4.69) is 20.9 Å². The van der Waals surface area contributed by atoms with E-state index < -0.39 is 35.6 Å². The first-order chi connectivity index (χ1) is 18.6. The van der Waals surface area contributed by atoms with Crippen LogP contribution in [-0.4, -0.2) is 65.7 Å². The minimum Gasteiger partial charge on any atom is -0.423 e. The van der Waals surface area contributed by atoms with E-state index in [0.717, 1.165) is 10.9 Å². The molecule has 2 fully saturated rings. The summed E-state index contributed by atoms with van der Waals surface area (Å²) in [5.74, 6) is -1.49. The van der Waals surface area contributed by atoms with Gasteiger partial charge in [0.15, 0.2) is 5.96 Å². The Morgan fingerprint density at radius 3 is 2.72 bits per heavy atom. The van der Waals surface area contributed by atoms with Crippen molar-refractivity contribution in [3.63, 3.8) is 0 Å². The predicted molar refractivity (Wildman–Crippen MR) is 144 cm³/mol. The lowest BCUT2D eigenvalue weighted by atomic mass is 10.1. The minimum absolute atomic E-state index is 0.0768. The number of benzene rings is 1. The number of rotatable bonds is 9. The Bertz CT molecular complexity index is 1370. The van der Waals surface area contributed by atoms with Crippen LogP contribution in [0.25, 0.3) is 11.0 Å². The topological polar surface area (TPSA) is 202 Å². The van der Waals surface area contributed by atoms with E-state index in [1.807, 2.05) is 0 Å². The van der Waals surface area contributed by atoms with E-state index in [0.29, 0.717) is 43.5 Å². The highest BCUT2D eigenvalue weighted by molar-refractivity contribution is 6.00. The van der Waals surface area contributed by atoms with E-state index in [-0.39, 0.29) is 37.2 Å². The Labute approximate surface area is 224 Å². The van der Waals surface area contributed by atoms with Gasteiger partial charge < -0.3 is 36.7 Å². The molecule has 1 aromatic heterocycles. The van der Waals surface area contributed by atoms with E-state index in [1.54, 1.807) is 25.1 Å². The summed E-state index contributed by atoms with van der Waals surface area (Å²) in [4.78, 5) is 68.4. The molecular weight excluding hydrogens is 506 g/mol. The van der Waals surface area contributed by atoms with Gasteiger partial charge in [0.1, 0.15) is 23.7 Å². The maximum atomic E-state index is 13.3. The van der Waals surface area contributed by atoms with Crippen molar-refractivity contribution in [2.75, 3.05) is 18.4 Å². The normalized spacial score (nSPS) is 19.4. The van der Waals surface area contributed by atoms with Crippen LogP contribution in [0.1, 0.15) is 44.1 Å². The Kier molecular flexibility index (Phi) is 8.47. The number of hydrogen-bond donors (Lipinski definition) is 5. The summed E-state index contributed by atoms with van der Waals surface area (Å²) in [5.41, 5.74) is 11.7. The summed E-state index contributed by atoms with van der Waals surface area (Å²) in [7, 11) is 0. The lowest BCUT2D eigenvalue weighted by Gasteiger charge is -2.28. The number of amides is 4. The molecule has 4 amide bonds. The van der Waals surface area contributed by atoms with Gasteiger partial charge in [-0.1, -0.05) is 0 Å². The van der Waals surface area contributed by atoms with Crippen molar-refractivity contribution in [1.29, 1.82) is 0 Å². The first kappa shape index (κ1) is 27.6. The summed E-state index contributed by atoms with van der Waals surface area (Å²) < 4.78 is 5.26. The van der Waals surface area contributed by atoms with E-state index in [1.165, 1.54) is 11.0 Å². The predicted octanol–water partition coefficient (Wildman–Crippen LogP) is -0.152. The summed E-state index contributed by atoms with van der Waals surface area (Å²) in [6, 6.07) is 4.02. The number of nitrogens with zero attached hydrogens (tertiary/aromatic N) is 2. The van der Waals surface area contributed by atoms with Crippen LogP contribution in [0.3, 0.4) is 0 Å². The second-order valence-electron chi connectivity index (χ2n) is 9.81. The highest BCUT2D eigenvalue weighted by Crippen LogP contribution is 2.23. The largest absolute Gasteiger partial charge is 0.423 e. The van der Waals surface area contributed by atoms with Crippen LogP contribution in [-0.2, 0) is 19.2 Å². The molecule has 3 atom stereocenters. The van der Waals surface area contributed by atoms with Gasteiger partial charge >= 0.3 is 5.63 Å². The van der Waals surface area contributed by atoms with Gasteiger partial charge in [-0.3, -0.25) is 24.2 Å². The zero-order valence-electron chi connectivity index (χ0n) is 21.7. The molecule has 13 heteroatoms. The molecule has 2 saturated heterocycles. The molecule has 2 aromatic rings. The Morgan fingerprint density at radius 2 is 2.00 bits per heavy atom. The molecule has 2 aliphatic rings. The van der Waals surface area contributed by atoms with Gasteiger partial charge in [-0.2, -0.15) is 0 Å². The third-order valence-corrected chi connectivity index (χ3v) is 6.93. The van der Waals surface area contributed by atoms with Crippen LogP contribution >= 0.6 is 0 Å². The first-order valence-corrected chi connectivity index (χ1v) is 12.9. The molecule has 0 aliphatic carbocycles. The number of nitrogens with one attached hydrogen (secondary N) is 3. The molecule has 3 heterocycles.